The van der Waals surface area contributed by atoms with E-state index < -0.39 is 0 Å². The largest absolute Gasteiger partial charge is 0.464 e. The van der Waals surface area contributed by atoms with Crippen molar-refractivity contribution in [3.63, 3.8) is 0 Å². The number of hydrogen-bond acceptors (Lipinski definition) is 4. The molecule has 1 heterocycles. The zero-order valence-corrected chi connectivity index (χ0v) is 12.5. The first-order valence-corrected chi connectivity index (χ1v) is 7.27. The zero-order valence-electron chi connectivity index (χ0n) is 10.9. The SMILES string of the molecule is CCOC(=O)C(Nc1ccccc1Br)C1CCOC1. The van der Waals surface area contributed by atoms with Gasteiger partial charge in [0.15, 0.2) is 0 Å². The predicted molar refractivity (Wildman–Crippen MR) is 77.1 cm³/mol. The number of nitrogens with one attached hydrogen (secondary N) is 1. The summed E-state index contributed by atoms with van der Waals surface area (Å²) in [6.07, 6.45) is 0.876. The van der Waals surface area contributed by atoms with Crippen molar-refractivity contribution in [1.29, 1.82) is 0 Å². The monoisotopic (exact) mass is 327 g/mol. The van der Waals surface area contributed by atoms with Gasteiger partial charge in [0.25, 0.3) is 0 Å². The second-order valence-electron chi connectivity index (χ2n) is 4.48. The Labute approximate surface area is 121 Å². The molecule has 2 unspecified atom stereocenters. The second kappa shape index (κ2) is 6.91. The molecule has 0 radical (unpaired) electrons. The summed E-state index contributed by atoms with van der Waals surface area (Å²) in [7, 11) is 0. The van der Waals surface area contributed by atoms with E-state index >= 15 is 0 Å². The van der Waals surface area contributed by atoms with Crippen molar-refractivity contribution in [2.75, 3.05) is 25.1 Å². The first-order chi connectivity index (χ1) is 9.22. The molecule has 104 valence electrons. The average molecular weight is 328 g/mol. The van der Waals surface area contributed by atoms with Gasteiger partial charge in [-0.25, -0.2) is 4.79 Å². The Morgan fingerprint density at radius 1 is 1.58 bits per heavy atom. The van der Waals surface area contributed by atoms with E-state index in [9.17, 15) is 4.79 Å². The molecule has 1 aromatic rings. The summed E-state index contributed by atoms with van der Waals surface area (Å²) in [4.78, 5) is 12.1. The van der Waals surface area contributed by atoms with Crippen LogP contribution in [0.1, 0.15) is 13.3 Å². The van der Waals surface area contributed by atoms with Crippen LogP contribution in [0.2, 0.25) is 0 Å². The number of carbonyl (C=O) groups is 1. The lowest BCUT2D eigenvalue weighted by atomic mass is 9.98. The second-order valence-corrected chi connectivity index (χ2v) is 5.33. The Balaban J connectivity index is 2.13. The molecule has 2 atom stereocenters. The summed E-state index contributed by atoms with van der Waals surface area (Å²) in [6, 6.07) is 7.39. The molecule has 1 aliphatic rings. The third-order valence-electron chi connectivity index (χ3n) is 3.16. The molecule has 0 bridgehead atoms. The number of hydrogen-bond donors (Lipinski definition) is 1. The van der Waals surface area contributed by atoms with Crippen LogP contribution < -0.4 is 5.32 Å². The molecule has 0 spiro atoms. The average Bonchev–Trinajstić information content (AvgIpc) is 2.91. The van der Waals surface area contributed by atoms with E-state index in [1.54, 1.807) is 0 Å². The highest BCUT2D eigenvalue weighted by molar-refractivity contribution is 9.10. The van der Waals surface area contributed by atoms with Crippen LogP contribution in [0.25, 0.3) is 0 Å². The molecule has 2 rings (SSSR count). The first-order valence-electron chi connectivity index (χ1n) is 6.47. The van der Waals surface area contributed by atoms with Crippen LogP contribution in [0, 0.1) is 5.92 Å². The van der Waals surface area contributed by atoms with E-state index in [1.165, 1.54) is 0 Å². The number of esters is 1. The molecule has 0 aliphatic carbocycles. The lowest BCUT2D eigenvalue weighted by Crippen LogP contribution is -2.38. The first kappa shape index (κ1) is 14.3. The summed E-state index contributed by atoms with van der Waals surface area (Å²) < 4.78 is 11.5. The summed E-state index contributed by atoms with van der Waals surface area (Å²) in [5.41, 5.74) is 0.896. The number of rotatable bonds is 5. The van der Waals surface area contributed by atoms with Crippen LogP contribution in [-0.2, 0) is 14.3 Å². The van der Waals surface area contributed by atoms with Crippen molar-refractivity contribution in [2.24, 2.45) is 5.92 Å². The summed E-state index contributed by atoms with van der Waals surface area (Å²) in [5.74, 6) is -0.0556. The summed E-state index contributed by atoms with van der Waals surface area (Å²) in [5, 5.41) is 3.27. The van der Waals surface area contributed by atoms with E-state index in [4.69, 9.17) is 9.47 Å². The minimum Gasteiger partial charge on any atom is -0.464 e. The van der Waals surface area contributed by atoms with Crippen molar-refractivity contribution in [1.82, 2.24) is 0 Å². The van der Waals surface area contributed by atoms with Gasteiger partial charge >= 0.3 is 5.97 Å². The number of halogens is 1. The van der Waals surface area contributed by atoms with Gasteiger partial charge in [-0.2, -0.15) is 0 Å². The Hall–Kier alpha value is -1.07. The molecule has 1 N–H and O–H groups in total. The van der Waals surface area contributed by atoms with Gasteiger partial charge < -0.3 is 14.8 Å². The third-order valence-corrected chi connectivity index (χ3v) is 3.85. The molecule has 0 amide bonds. The van der Waals surface area contributed by atoms with Crippen molar-refractivity contribution < 1.29 is 14.3 Å². The van der Waals surface area contributed by atoms with Crippen LogP contribution >= 0.6 is 15.9 Å². The van der Waals surface area contributed by atoms with Gasteiger partial charge in [-0.1, -0.05) is 12.1 Å². The van der Waals surface area contributed by atoms with Crippen LogP contribution in [0.5, 0.6) is 0 Å². The fraction of sp³-hybridized carbons (Fsp3) is 0.500. The van der Waals surface area contributed by atoms with Crippen LogP contribution in [0.4, 0.5) is 5.69 Å². The predicted octanol–water partition coefficient (Wildman–Crippen LogP) is 2.83. The Morgan fingerprint density at radius 3 is 3.00 bits per heavy atom. The number of para-hydroxylation sites is 1. The topological polar surface area (TPSA) is 47.6 Å². The highest BCUT2D eigenvalue weighted by atomic mass is 79.9. The molecule has 1 aromatic carbocycles. The van der Waals surface area contributed by atoms with Crippen LogP contribution in [-0.4, -0.2) is 31.8 Å². The minimum atomic E-state index is -0.360. The van der Waals surface area contributed by atoms with Crippen LogP contribution in [0.3, 0.4) is 0 Å². The molecule has 0 aromatic heterocycles. The van der Waals surface area contributed by atoms with E-state index in [0.717, 1.165) is 16.6 Å². The van der Waals surface area contributed by atoms with Crippen molar-refractivity contribution in [2.45, 2.75) is 19.4 Å². The molecule has 5 heteroatoms. The van der Waals surface area contributed by atoms with Gasteiger partial charge in [0.2, 0.25) is 0 Å². The molecule has 19 heavy (non-hydrogen) atoms. The molecular weight excluding hydrogens is 310 g/mol. The smallest absolute Gasteiger partial charge is 0.328 e. The summed E-state index contributed by atoms with van der Waals surface area (Å²) in [6.45, 7) is 3.51. The maximum atomic E-state index is 12.1. The highest BCUT2D eigenvalue weighted by Crippen LogP contribution is 2.26. The lowest BCUT2D eigenvalue weighted by Gasteiger charge is -2.23. The zero-order chi connectivity index (χ0) is 13.7. The maximum absolute atomic E-state index is 12.1. The van der Waals surface area contributed by atoms with Gasteiger partial charge in [0.05, 0.1) is 13.2 Å². The lowest BCUT2D eigenvalue weighted by molar-refractivity contribution is -0.145. The Kier molecular flexibility index (Phi) is 5.22. The minimum absolute atomic E-state index is 0.158. The molecule has 1 fully saturated rings. The normalized spacial score (nSPS) is 20.0. The molecule has 0 saturated carbocycles. The Bertz CT molecular complexity index is 432. The van der Waals surface area contributed by atoms with Gasteiger partial charge in [-0.15, -0.1) is 0 Å². The number of benzene rings is 1. The fourth-order valence-corrected chi connectivity index (χ4v) is 2.56. The number of carbonyl (C=O) groups excluding carboxylic acids is 1. The molecular formula is C14H18BrNO3. The van der Waals surface area contributed by atoms with Crippen LogP contribution in [0.15, 0.2) is 28.7 Å². The third kappa shape index (κ3) is 3.70. The van der Waals surface area contributed by atoms with E-state index in [2.05, 4.69) is 21.2 Å². The van der Waals surface area contributed by atoms with Gasteiger partial charge in [-0.05, 0) is 41.4 Å². The van der Waals surface area contributed by atoms with Crippen molar-refractivity contribution in [3.8, 4) is 0 Å². The van der Waals surface area contributed by atoms with Gasteiger partial charge in [0, 0.05) is 22.7 Å². The van der Waals surface area contributed by atoms with E-state index in [1.807, 2.05) is 31.2 Å². The standard InChI is InChI=1S/C14H18BrNO3/c1-2-19-14(17)13(10-7-8-18-9-10)16-12-6-4-3-5-11(12)15/h3-6,10,13,16H,2,7-9H2,1H3. The number of ether oxygens (including phenoxy) is 2. The quantitative estimate of drug-likeness (QED) is 0.845. The molecule has 1 aliphatic heterocycles. The van der Waals surface area contributed by atoms with Gasteiger partial charge in [0.1, 0.15) is 6.04 Å². The molecule has 1 saturated heterocycles. The maximum Gasteiger partial charge on any atom is 0.328 e. The Morgan fingerprint density at radius 2 is 2.37 bits per heavy atom. The van der Waals surface area contributed by atoms with Crippen molar-refractivity contribution >= 4 is 27.6 Å². The molecule has 4 nitrogen and oxygen atoms in total. The number of anilines is 1. The fourth-order valence-electron chi connectivity index (χ4n) is 2.16. The van der Waals surface area contributed by atoms with E-state index in [-0.39, 0.29) is 17.9 Å². The summed E-state index contributed by atoms with van der Waals surface area (Å²) >= 11 is 3.48. The highest BCUT2D eigenvalue weighted by Gasteiger charge is 2.32. The van der Waals surface area contributed by atoms with E-state index in [0.29, 0.717) is 19.8 Å². The van der Waals surface area contributed by atoms with Crippen molar-refractivity contribution in [3.05, 3.63) is 28.7 Å². The van der Waals surface area contributed by atoms with Gasteiger partial charge in [-0.3, -0.25) is 0 Å².